The SMILES string of the molecule is COc1cc(C(C)C)ccc1CC(C)(C)CCN. The Bertz CT molecular complexity index is 383. The highest BCUT2D eigenvalue weighted by Gasteiger charge is 2.20. The van der Waals surface area contributed by atoms with E-state index in [1.807, 2.05) is 0 Å². The van der Waals surface area contributed by atoms with Crippen molar-refractivity contribution in [3.63, 3.8) is 0 Å². The lowest BCUT2D eigenvalue weighted by Crippen LogP contribution is -2.20. The number of hydrogen-bond acceptors (Lipinski definition) is 2. The molecule has 2 N–H and O–H groups in total. The van der Waals surface area contributed by atoms with E-state index in [-0.39, 0.29) is 5.41 Å². The largest absolute Gasteiger partial charge is 0.496 e. The topological polar surface area (TPSA) is 35.2 Å². The van der Waals surface area contributed by atoms with E-state index >= 15 is 0 Å². The molecule has 0 unspecified atom stereocenters. The molecule has 0 amide bonds. The Labute approximate surface area is 112 Å². The van der Waals surface area contributed by atoms with Crippen LogP contribution in [0.5, 0.6) is 5.75 Å². The van der Waals surface area contributed by atoms with Crippen LogP contribution in [0.1, 0.15) is 51.2 Å². The van der Waals surface area contributed by atoms with Crippen molar-refractivity contribution in [2.75, 3.05) is 13.7 Å². The van der Waals surface area contributed by atoms with Gasteiger partial charge in [0.25, 0.3) is 0 Å². The van der Waals surface area contributed by atoms with Crippen LogP contribution in [-0.4, -0.2) is 13.7 Å². The minimum absolute atomic E-state index is 0.224. The van der Waals surface area contributed by atoms with Crippen molar-refractivity contribution in [2.24, 2.45) is 11.1 Å². The van der Waals surface area contributed by atoms with Crippen LogP contribution in [0.2, 0.25) is 0 Å². The Hall–Kier alpha value is -1.02. The number of ether oxygens (including phenoxy) is 1. The highest BCUT2D eigenvalue weighted by atomic mass is 16.5. The van der Waals surface area contributed by atoms with Crippen molar-refractivity contribution in [3.8, 4) is 5.75 Å². The zero-order chi connectivity index (χ0) is 13.8. The maximum Gasteiger partial charge on any atom is 0.122 e. The van der Waals surface area contributed by atoms with E-state index in [4.69, 9.17) is 10.5 Å². The van der Waals surface area contributed by atoms with Gasteiger partial charge in [-0.05, 0) is 47.9 Å². The van der Waals surface area contributed by atoms with Crippen molar-refractivity contribution < 1.29 is 4.74 Å². The minimum atomic E-state index is 0.224. The Morgan fingerprint density at radius 1 is 1.28 bits per heavy atom. The van der Waals surface area contributed by atoms with E-state index in [1.165, 1.54) is 11.1 Å². The molecule has 0 aromatic heterocycles. The van der Waals surface area contributed by atoms with Crippen molar-refractivity contribution in [1.82, 2.24) is 0 Å². The van der Waals surface area contributed by atoms with Crippen LogP contribution < -0.4 is 10.5 Å². The van der Waals surface area contributed by atoms with Gasteiger partial charge in [0, 0.05) is 0 Å². The van der Waals surface area contributed by atoms with Crippen molar-refractivity contribution >= 4 is 0 Å². The summed E-state index contributed by atoms with van der Waals surface area (Å²) in [5.41, 5.74) is 8.50. The van der Waals surface area contributed by atoms with E-state index in [0.29, 0.717) is 5.92 Å². The van der Waals surface area contributed by atoms with Gasteiger partial charge in [-0.25, -0.2) is 0 Å². The first-order valence-corrected chi connectivity index (χ1v) is 6.76. The first kappa shape index (κ1) is 15.0. The summed E-state index contributed by atoms with van der Waals surface area (Å²) in [6.45, 7) is 9.66. The lowest BCUT2D eigenvalue weighted by Gasteiger charge is -2.25. The number of methoxy groups -OCH3 is 1. The molecular weight excluding hydrogens is 222 g/mol. The van der Waals surface area contributed by atoms with E-state index in [2.05, 4.69) is 45.9 Å². The van der Waals surface area contributed by atoms with Gasteiger partial charge in [-0.2, -0.15) is 0 Å². The molecule has 0 aliphatic heterocycles. The number of nitrogens with two attached hydrogens (primary N) is 1. The molecule has 2 heteroatoms. The highest BCUT2D eigenvalue weighted by molar-refractivity contribution is 5.39. The van der Waals surface area contributed by atoms with Crippen LogP contribution in [0, 0.1) is 5.41 Å². The molecule has 0 atom stereocenters. The van der Waals surface area contributed by atoms with Crippen LogP contribution in [0.25, 0.3) is 0 Å². The zero-order valence-electron chi connectivity index (χ0n) is 12.4. The molecule has 0 bridgehead atoms. The van der Waals surface area contributed by atoms with Gasteiger partial charge in [-0.3, -0.25) is 0 Å². The van der Waals surface area contributed by atoms with Gasteiger partial charge in [0.2, 0.25) is 0 Å². The van der Waals surface area contributed by atoms with Gasteiger partial charge in [0.15, 0.2) is 0 Å². The van der Waals surface area contributed by atoms with Gasteiger partial charge >= 0.3 is 0 Å². The summed E-state index contributed by atoms with van der Waals surface area (Å²) in [6, 6.07) is 6.58. The van der Waals surface area contributed by atoms with Gasteiger partial charge in [0.1, 0.15) is 5.75 Å². The fraction of sp³-hybridized carbons (Fsp3) is 0.625. The molecule has 0 saturated carbocycles. The summed E-state index contributed by atoms with van der Waals surface area (Å²) in [5, 5.41) is 0. The molecule has 0 fully saturated rings. The average molecular weight is 249 g/mol. The van der Waals surface area contributed by atoms with Gasteiger partial charge in [0.05, 0.1) is 7.11 Å². The van der Waals surface area contributed by atoms with Crippen LogP contribution in [0.15, 0.2) is 18.2 Å². The fourth-order valence-corrected chi connectivity index (χ4v) is 2.26. The monoisotopic (exact) mass is 249 g/mol. The molecule has 2 nitrogen and oxygen atoms in total. The minimum Gasteiger partial charge on any atom is -0.496 e. The van der Waals surface area contributed by atoms with Gasteiger partial charge in [-0.15, -0.1) is 0 Å². The molecule has 0 saturated heterocycles. The standard InChI is InChI=1S/C16H27NO/c1-12(2)13-6-7-14(15(10-13)18-5)11-16(3,4)8-9-17/h6-7,10,12H,8-9,11,17H2,1-5H3. The lowest BCUT2D eigenvalue weighted by molar-refractivity contribution is 0.329. The Balaban J connectivity index is 2.95. The third kappa shape index (κ3) is 4.02. The highest BCUT2D eigenvalue weighted by Crippen LogP contribution is 2.32. The normalized spacial score (nSPS) is 11.9. The summed E-state index contributed by atoms with van der Waals surface area (Å²) >= 11 is 0. The molecule has 1 rings (SSSR count). The molecule has 1 aromatic carbocycles. The number of benzene rings is 1. The smallest absolute Gasteiger partial charge is 0.122 e. The second-order valence-corrected chi connectivity index (χ2v) is 6.11. The molecule has 102 valence electrons. The Morgan fingerprint density at radius 2 is 1.94 bits per heavy atom. The quantitative estimate of drug-likeness (QED) is 0.833. The van der Waals surface area contributed by atoms with E-state index in [0.717, 1.165) is 25.1 Å². The zero-order valence-corrected chi connectivity index (χ0v) is 12.4. The molecule has 0 heterocycles. The van der Waals surface area contributed by atoms with Crippen molar-refractivity contribution in [2.45, 2.75) is 46.5 Å². The average Bonchev–Trinajstić information content (AvgIpc) is 2.28. The maximum absolute atomic E-state index is 5.67. The van der Waals surface area contributed by atoms with Crippen LogP contribution >= 0.6 is 0 Å². The van der Waals surface area contributed by atoms with E-state index in [9.17, 15) is 0 Å². The second-order valence-electron chi connectivity index (χ2n) is 6.11. The fourth-order valence-electron chi connectivity index (χ4n) is 2.26. The molecule has 0 spiro atoms. The Kier molecular flexibility index (Phi) is 5.21. The third-order valence-corrected chi connectivity index (χ3v) is 3.47. The predicted molar refractivity (Wildman–Crippen MR) is 78.2 cm³/mol. The van der Waals surface area contributed by atoms with Gasteiger partial charge in [-0.1, -0.05) is 39.8 Å². The van der Waals surface area contributed by atoms with Crippen molar-refractivity contribution in [3.05, 3.63) is 29.3 Å². The number of rotatable bonds is 6. The van der Waals surface area contributed by atoms with E-state index in [1.54, 1.807) is 7.11 Å². The predicted octanol–water partition coefficient (Wildman–Crippen LogP) is 3.74. The number of hydrogen-bond donors (Lipinski definition) is 1. The summed E-state index contributed by atoms with van der Waals surface area (Å²) in [4.78, 5) is 0. The summed E-state index contributed by atoms with van der Waals surface area (Å²) in [5.74, 6) is 1.54. The third-order valence-electron chi connectivity index (χ3n) is 3.47. The molecule has 18 heavy (non-hydrogen) atoms. The second kappa shape index (κ2) is 6.24. The van der Waals surface area contributed by atoms with Crippen LogP contribution in [0.4, 0.5) is 0 Å². The summed E-state index contributed by atoms with van der Waals surface area (Å²) in [6.07, 6.45) is 2.04. The van der Waals surface area contributed by atoms with E-state index < -0.39 is 0 Å². The van der Waals surface area contributed by atoms with Crippen LogP contribution in [0.3, 0.4) is 0 Å². The first-order valence-electron chi connectivity index (χ1n) is 6.76. The molecule has 0 radical (unpaired) electrons. The van der Waals surface area contributed by atoms with Crippen LogP contribution in [-0.2, 0) is 6.42 Å². The summed E-state index contributed by atoms with van der Waals surface area (Å²) in [7, 11) is 1.75. The Morgan fingerprint density at radius 3 is 2.44 bits per heavy atom. The first-order chi connectivity index (χ1) is 8.39. The molecular formula is C16H27NO. The maximum atomic E-state index is 5.67. The molecule has 0 aliphatic rings. The molecule has 0 aliphatic carbocycles. The summed E-state index contributed by atoms with van der Waals surface area (Å²) < 4.78 is 5.53. The molecule has 1 aromatic rings. The lowest BCUT2D eigenvalue weighted by atomic mass is 9.82. The van der Waals surface area contributed by atoms with Crippen molar-refractivity contribution in [1.29, 1.82) is 0 Å². The van der Waals surface area contributed by atoms with Gasteiger partial charge < -0.3 is 10.5 Å².